The highest BCUT2D eigenvalue weighted by Crippen LogP contribution is 2.13. The van der Waals surface area contributed by atoms with Gasteiger partial charge in [0.15, 0.2) is 0 Å². The number of carbonyl (C=O) groups excluding carboxylic acids is 2. The van der Waals surface area contributed by atoms with Crippen molar-refractivity contribution in [3.8, 4) is 0 Å². The maximum atomic E-state index is 11.4. The highest BCUT2D eigenvalue weighted by atomic mass is 16.2. The second-order valence-electron chi connectivity index (χ2n) is 4.40. The molecule has 0 aliphatic heterocycles. The van der Waals surface area contributed by atoms with E-state index in [2.05, 4.69) is 10.6 Å². The predicted molar refractivity (Wildman–Crippen MR) is 59.1 cm³/mol. The van der Waals surface area contributed by atoms with Gasteiger partial charge in [0.1, 0.15) is 0 Å². The van der Waals surface area contributed by atoms with Crippen LogP contribution in [0.5, 0.6) is 0 Å². The van der Waals surface area contributed by atoms with Gasteiger partial charge >= 0.3 is 0 Å². The van der Waals surface area contributed by atoms with Crippen molar-refractivity contribution in [2.24, 2.45) is 17.1 Å². The second kappa shape index (κ2) is 5.70. The zero-order chi connectivity index (χ0) is 12.1. The van der Waals surface area contributed by atoms with E-state index in [1.807, 2.05) is 13.8 Å². The molecule has 0 fully saturated rings. The van der Waals surface area contributed by atoms with Crippen LogP contribution in [0.3, 0.4) is 0 Å². The Bertz CT molecular complexity index is 239. The van der Waals surface area contributed by atoms with Gasteiger partial charge in [-0.05, 0) is 13.8 Å². The van der Waals surface area contributed by atoms with Gasteiger partial charge in [-0.25, -0.2) is 0 Å². The lowest BCUT2D eigenvalue weighted by molar-refractivity contribution is -0.128. The summed E-state index contributed by atoms with van der Waals surface area (Å²) >= 11 is 0. The largest absolute Gasteiger partial charge is 0.369 e. The van der Waals surface area contributed by atoms with Gasteiger partial charge in [0, 0.05) is 26.1 Å². The fraction of sp³-hybridized carbons (Fsp3) is 0.800. The van der Waals surface area contributed by atoms with Gasteiger partial charge in [-0.3, -0.25) is 9.59 Å². The van der Waals surface area contributed by atoms with E-state index in [1.165, 1.54) is 0 Å². The monoisotopic (exact) mass is 215 g/mol. The molecule has 88 valence electrons. The van der Waals surface area contributed by atoms with Crippen LogP contribution in [0.25, 0.3) is 0 Å². The average molecular weight is 215 g/mol. The normalized spacial score (nSPS) is 13.3. The topological polar surface area (TPSA) is 84.2 Å². The standard InChI is InChI=1S/C10H21N3O2/c1-7(8(11)14)5-13-6-10(2,3)9(15)12-4/h7,13H,5-6H2,1-4H3,(H2,11,14)(H,12,15). The summed E-state index contributed by atoms with van der Waals surface area (Å²) in [6, 6.07) is 0. The quantitative estimate of drug-likeness (QED) is 0.557. The fourth-order valence-electron chi connectivity index (χ4n) is 1.12. The zero-order valence-corrected chi connectivity index (χ0v) is 9.89. The molecule has 0 rings (SSSR count). The SMILES string of the molecule is CNC(=O)C(C)(C)CNCC(C)C(N)=O. The molecule has 0 aromatic rings. The molecule has 4 N–H and O–H groups in total. The number of primary amides is 1. The minimum absolute atomic E-state index is 0.0262. The summed E-state index contributed by atoms with van der Waals surface area (Å²) < 4.78 is 0. The second-order valence-corrected chi connectivity index (χ2v) is 4.40. The van der Waals surface area contributed by atoms with Gasteiger partial charge in [0.05, 0.1) is 5.41 Å². The molecule has 0 aliphatic rings. The zero-order valence-electron chi connectivity index (χ0n) is 9.89. The first-order valence-electron chi connectivity index (χ1n) is 5.03. The molecule has 0 heterocycles. The Morgan fingerprint density at radius 3 is 2.33 bits per heavy atom. The molecule has 0 saturated heterocycles. The molecule has 0 saturated carbocycles. The highest BCUT2D eigenvalue weighted by Gasteiger charge is 2.26. The molecule has 5 heteroatoms. The van der Waals surface area contributed by atoms with Crippen molar-refractivity contribution in [2.75, 3.05) is 20.1 Å². The third-order valence-electron chi connectivity index (χ3n) is 2.34. The van der Waals surface area contributed by atoms with Crippen LogP contribution in [0.2, 0.25) is 0 Å². The maximum absolute atomic E-state index is 11.4. The van der Waals surface area contributed by atoms with Crippen LogP contribution in [-0.4, -0.2) is 32.0 Å². The molecule has 0 aliphatic carbocycles. The lowest BCUT2D eigenvalue weighted by atomic mass is 9.92. The Kier molecular flexibility index (Phi) is 5.28. The van der Waals surface area contributed by atoms with Gasteiger partial charge in [-0.15, -0.1) is 0 Å². The number of amides is 2. The maximum Gasteiger partial charge on any atom is 0.226 e. The van der Waals surface area contributed by atoms with Gasteiger partial charge in [-0.1, -0.05) is 6.92 Å². The Balaban J connectivity index is 3.95. The number of rotatable bonds is 6. The van der Waals surface area contributed by atoms with E-state index in [-0.39, 0.29) is 17.7 Å². The van der Waals surface area contributed by atoms with E-state index in [4.69, 9.17) is 5.73 Å². The summed E-state index contributed by atoms with van der Waals surface area (Å²) in [6.07, 6.45) is 0. The van der Waals surface area contributed by atoms with E-state index in [0.29, 0.717) is 13.1 Å². The summed E-state index contributed by atoms with van der Waals surface area (Å²) in [4.78, 5) is 22.1. The summed E-state index contributed by atoms with van der Waals surface area (Å²) in [7, 11) is 1.61. The third kappa shape index (κ3) is 4.78. The Morgan fingerprint density at radius 2 is 1.93 bits per heavy atom. The smallest absolute Gasteiger partial charge is 0.226 e. The van der Waals surface area contributed by atoms with Crippen LogP contribution < -0.4 is 16.4 Å². The summed E-state index contributed by atoms with van der Waals surface area (Å²) in [6.45, 7) is 6.45. The molecule has 0 aromatic heterocycles. The first-order valence-corrected chi connectivity index (χ1v) is 5.03. The van der Waals surface area contributed by atoms with Crippen LogP contribution in [0, 0.1) is 11.3 Å². The van der Waals surface area contributed by atoms with Crippen molar-refractivity contribution in [1.29, 1.82) is 0 Å². The predicted octanol–water partition coefficient (Wildman–Crippen LogP) is -0.530. The fourth-order valence-corrected chi connectivity index (χ4v) is 1.12. The van der Waals surface area contributed by atoms with Crippen molar-refractivity contribution in [2.45, 2.75) is 20.8 Å². The molecule has 15 heavy (non-hydrogen) atoms. The first-order chi connectivity index (χ1) is 6.81. The Labute approximate surface area is 90.8 Å². The number of hydrogen-bond acceptors (Lipinski definition) is 3. The summed E-state index contributed by atoms with van der Waals surface area (Å²) in [5.41, 5.74) is 4.63. The average Bonchev–Trinajstić information content (AvgIpc) is 2.15. The molecule has 1 unspecified atom stereocenters. The van der Waals surface area contributed by atoms with Crippen LogP contribution in [0.15, 0.2) is 0 Å². The first kappa shape index (κ1) is 13.9. The van der Waals surface area contributed by atoms with Crippen molar-refractivity contribution in [1.82, 2.24) is 10.6 Å². The molecule has 1 atom stereocenters. The van der Waals surface area contributed by atoms with E-state index in [9.17, 15) is 9.59 Å². The summed E-state index contributed by atoms with van der Waals surface area (Å²) in [5.74, 6) is -0.576. The van der Waals surface area contributed by atoms with Crippen molar-refractivity contribution >= 4 is 11.8 Å². The molecule has 0 bridgehead atoms. The number of nitrogens with two attached hydrogens (primary N) is 1. The van der Waals surface area contributed by atoms with Crippen molar-refractivity contribution in [3.63, 3.8) is 0 Å². The van der Waals surface area contributed by atoms with Gasteiger partial charge in [0.2, 0.25) is 11.8 Å². The highest BCUT2D eigenvalue weighted by molar-refractivity contribution is 5.81. The molecule has 0 aromatic carbocycles. The lowest BCUT2D eigenvalue weighted by Crippen LogP contribution is -2.43. The molecule has 2 amide bonds. The molecule has 0 radical (unpaired) electrons. The van der Waals surface area contributed by atoms with Gasteiger partial charge < -0.3 is 16.4 Å². The lowest BCUT2D eigenvalue weighted by Gasteiger charge is -2.23. The van der Waals surface area contributed by atoms with E-state index in [0.717, 1.165) is 0 Å². The van der Waals surface area contributed by atoms with E-state index < -0.39 is 5.41 Å². The Hall–Kier alpha value is -1.10. The van der Waals surface area contributed by atoms with Crippen LogP contribution in [-0.2, 0) is 9.59 Å². The van der Waals surface area contributed by atoms with Crippen molar-refractivity contribution < 1.29 is 9.59 Å². The minimum Gasteiger partial charge on any atom is -0.369 e. The van der Waals surface area contributed by atoms with Gasteiger partial charge in [0.25, 0.3) is 0 Å². The third-order valence-corrected chi connectivity index (χ3v) is 2.34. The number of nitrogens with one attached hydrogen (secondary N) is 2. The minimum atomic E-state index is -0.480. The van der Waals surface area contributed by atoms with Crippen molar-refractivity contribution in [3.05, 3.63) is 0 Å². The Morgan fingerprint density at radius 1 is 1.40 bits per heavy atom. The van der Waals surface area contributed by atoms with E-state index >= 15 is 0 Å². The molecular formula is C10H21N3O2. The molecule has 0 spiro atoms. The molecular weight excluding hydrogens is 194 g/mol. The summed E-state index contributed by atoms with van der Waals surface area (Å²) in [5, 5.41) is 5.66. The van der Waals surface area contributed by atoms with Crippen LogP contribution in [0.1, 0.15) is 20.8 Å². The number of carbonyl (C=O) groups is 2. The van der Waals surface area contributed by atoms with Crippen LogP contribution in [0.4, 0.5) is 0 Å². The van der Waals surface area contributed by atoms with E-state index in [1.54, 1.807) is 14.0 Å². The van der Waals surface area contributed by atoms with Crippen LogP contribution >= 0.6 is 0 Å². The number of hydrogen-bond donors (Lipinski definition) is 3. The molecule has 5 nitrogen and oxygen atoms in total. The van der Waals surface area contributed by atoms with Gasteiger partial charge in [-0.2, -0.15) is 0 Å².